The zero-order chi connectivity index (χ0) is 60.3. The molecule has 4 fully saturated rings. The van der Waals surface area contributed by atoms with Gasteiger partial charge in [-0.3, -0.25) is 9.80 Å². The summed E-state index contributed by atoms with van der Waals surface area (Å²) in [6.45, 7) is 34.8. The highest BCUT2D eigenvalue weighted by Crippen LogP contribution is 2.41. The number of hydrogen-bond acceptors (Lipinski definition) is 16. The predicted octanol–water partition coefficient (Wildman–Crippen LogP) is 13.2. The van der Waals surface area contributed by atoms with Crippen LogP contribution in [0.3, 0.4) is 0 Å². The summed E-state index contributed by atoms with van der Waals surface area (Å²) < 4.78 is 45.8. The van der Waals surface area contributed by atoms with Crippen LogP contribution in [0, 0.1) is 11.9 Å². The van der Waals surface area contributed by atoms with Crippen molar-refractivity contribution in [3.05, 3.63) is 90.6 Å². The van der Waals surface area contributed by atoms with Gasteiger partial charge in [0.15, 0.2) is 16.6 Å². The molecule has 8 aromatic rings. The van der Waals surface area contributed by atoms with E-state index in [2.05, 4.69) is 134 Å². The fourth-order valence-corrected chi connectivity index (χ4v) is 13.8. The lowest BCUT2D eigenvalue weighted by Crippen LogP contribution is -2.48. The summed E-state index contributed by atoms with van der Waals surface area (Å²) in [5, 5.41) is 7.63. The first-order valence-electron chi connectivity index (χ1n) is 30.5. The van der Waals surface area contributed by atoms with Crippen molar-refractivity contribution in [2.45, 2.75) is 141 Å². The van der Waals surface area contributed by atoms with Crippen LogP contribution in [0.25, 0.3) is 43.9 Å². The van der Waals surface area contributed by atoms with Gasteiger partial charge in [-0.05, 0) is 98.3 Å². The number of halogens is 3. The molecular weight excluding hydrogens is 1130 g/mol. The van der Waals surface area contributed by atoms with Crippen LogP contribution in [0.4, 0.5) is 37.9 Å². The summed E-state index contributed by atoms with van der Waals surface area (Å²) >= 11 is 5.85. The first-order chi connectivity index (χ1) is 40.5. The molecule has 0 spiro atoms. The van der Waals surface area contributed by atoms with Gasteiger partial charge >= 0.3 is 0 Å². The number of hydrogen-bond donors (Lipinski definition) is 2. The van der Waals surface area contributed by atoms with Gasteiger partial charge in [-0.1, -0.05) is 78.8 Å². The van der Waals surface area contributed by atoms with Gasteiger partial charge in [0.1, 0.15) is 33.3 Å². The number of nitrogen functional groups attached to an aromatic ring is 1. The molecule has 0 radical (unpaired) electrons. The minimum absolute atomic E-state index is 0.216. The molecule has 2 saturated heterocycles. The number of aromatic nitrogens is 10. The van der Waals surface area contributed by atoms with Crippen molar-refractivity contribution in [1.82, 2.24) is 58.8 Å². The molecule has 2 aliphatic heterocycles. The lowest BCUT2D eigenvalue weighted by atomic mass is 10.2. The Balaban J connectivity index is 0.000000157. The van der Waals surface area contributed by atoms with Gasteiger partial charge in [0.25, 0.3) is 0 Å². The van der Waals surface area contributed by atoms with Gasteiger partial charge < -0.3 is 38.8 Å². The van der Waals surface area contributed by atoms with Crippen molar-refractivity contribution in [3.63, 3.8) is 0 Å². The van der Waals surface area contributed by atoms with Gasteiger partial charge in [-0.15, -0.1) is 0 Å². The highest BCUT2D eigenvalue weighted by Gasteiger charge is 2.38. The number of fused-ring (bicyclic) bond motifs is 6. The SMILES string of the molecule is CC(C)(C)[Si](C)(C)OCCN1CCN(c2ccc(Cl)nc2)CC1.CC(C)(C)[Si](C)(C)OCCN1CCN(c2ccc(Nc3ncc4c5ccnc(F)c5n(C5CCCC5)c4n3)nc2)CC1.Nc1ncc2c3ccnc(F)c3n(C3CCCC3)c2n1. The number of piperazine rings is 2. The van der Waals surface area contributed by atoms with E-state index in [0.717, 1.165) is 169 Å². The maximum absolute atomic E-state index is 14.9. The van der Waals surface area contributed by atoms with E-state index in [1.54, 1.807) is 12.4 Å². The average Bonchev–Trinajstić information content (AvgIpc) is 1.79. The van der Waals surface area contributed by atoms with Gasteiger partial charge in [-0.25, -0.2) is 29.9 Å². The maximum atomic E-state index is 14.9. The van der Waals surface area contributed by atoms with Crippen molar-refractivity contribution in [3.8, 4) is 0 Å². The molecule has 23 heteroatoms. The van der Waals surface area contributed by atoms with E-state index >= 15 is 0 Å². The topological polar surface area (TPSA) is 182 Å². The Bertz CT molecular complexity index is 3530. The van der Waals surface area contributed by atoms with Crippen molar-refractivity contribution in [2.24, 2.45) is 0 Å². The van der Waals surface area contributed by atoms with E-state index in [-0.39, 0.29) is 28.1 Å². The standard InChI is InChI=1S/C31H43FN8OSi.C17H30ClN3OSi.C14H14FN5/c1-31(2,3)42(4,5)41-19-18-38-14-16-39(17-15-38)23-10-11-26(34-20-23)36-30-35-21-25-24-12-13-33-28(32)27(24)40(29(25)37-30)22-8-6-7-9-22;1-17(2,3)23(4,5)22-13-12-20-8-10-21(11-9-20)15-6-7-16(18)19-14-15;15-12-11-9(5-6-17-12)10-7-18-14(16)19-13(10)20(11)8-3-1-2-4-8/h10-13,20-22H,6-9,14-19H2,1-5H3,(H,34,35,36,37);6-7,14H,8-13H2,1-5H3;5-8H,1-4H2,(H2,16,18,19). The Hall–Kier alpha value is -6.02. The van der Waals surface area contributed by atoms with Crippen LogP contribution in [0.5, 0.6) is 0 Å². The number of nitrogens with one attached hydrogen (secondary N) is 1. The summed E-state index contributed by atoms with van der Waals surface area (Å²) in [5.74, 6) is 0.436. The Kier molecular flexibility index (Phi) is 19.1. The fraction of sp³-hybridized carbons (Fsp3) is 0.548. The molecule has 2 saturated carbocycles. The lowest BCUT2D eigenvalue weighted by Gasteiger charge is -2.38. The summed E-state index contributed by atoms with van der Waals surface area (Å²) in [6, 6.07) is 12.1. The molecule has 3 N–H and O–H groups in total. The first kappa shape index (κ1) is 62.0. The van der Waals surface area contributed by atoms with Crippen LogP contribution in [-0.4, -0.2) is 154 Å². The molecule has 456 valence electrons. The smallest absolute Gasteiger partial charge is 0.237 e. The predicted molar refractivity (Wildman–Crippen MR) is 345 cm³/mol. The molecule has 0 unspecified atom stereocenters. The molecule has 12 rings (SSSR count). The van der Waals surface area contributed by atoms with Crippen LogP contribution in [0.15, 0.2) is 73.6 Å². The molecule has 2 aliphatic carbocycles. The third-order valence-corrected chi connectivity index (χ3v) is 28.0. The summed E-state index contributed by atoms with van der Waals surface area (Å²) in [6.07, 6.45) is 18.9. The normalized spacial score (nSPS) is 17.3. The Morgan fingerprint density at radius 3 is 1.44 bits per heavy atom. The average molecular weight is 1220 g/mol. The Labute approximate surface area is 506 Å². The second kappa shape index (κ2) is 26.1. The summed E-state index contributed by atoms with van der Waals surface area (Å²) in [5.41, 5.74) is 10.5. The van der Waals surface area contributed by atoms with Crippen molar-refractivity contribution < 1.29 is 17.6 Å². The molecule has 8 aromatic heterocycles. The largest absolute Gasteiger partial charge is 0.416 e. The van der Waals surface area contributed by atoms with Crippen molar-refractivity contribution in [2.75, 3.05) is 99.5 Å². The molecule has 18 nitrogen and oxygen atoms in total. The van der Waals surface area contributed by atoms with E-state index in [1.807, 2.05) is 51.9 Å². The lowest BCUT2D eigenvalue weighted by molar-refractivity contribution is 0.191. The number of nitrogens with two attached hydrogens (primary N) is 1. The summed E-state index contributed by atoms with van der Waals surface area (Å²) in [4.78, 5) is 44.1. The molecule has 85 heavy (non-hydrogen) atoms. The summed E-state index contributed by atoms with van der Waals surface area (Å²) in [7, 11) is -3.32. The molecule has 4 aliphatic rings. The highest BCUT2D eigenvalue weighted by atomic mass is 35.5. The third-order valence-electron chi connectivity index (χ3n) is 18.7. The third kappa shape index (κ3) is 14.2. The Morgan fingerprint density at radius 2 is 1.00 bits per heavy atom. The Morgan fingerprint density at radius 1 is 0.553 bits per heavy atom. The van der Waals surface area contributed by atoms with E-state index in [9.17, 15) is 8.78 Å². The first-order valence-corrected chi connectivity index (χ1v) is 36.7. The second-order valence-electron chi connectivity index (χ2n) is 26.2. The number of pyridine rings is 4. The van der Waals surface area contributed by atoms with Gasteiger partial charge in [0.05, 0.1) is 23.8 Å². The van der Waals surface area contributed by atoms with Crippen molar-refractivity contribution in [1.29, 1.82) is 0 Å². The number of rotatable bonds is 14. The molecule has 0 amide bonds. The number of anilines is 5. The monoisotopic (exact) mass is 1220 g/mol. The zero-order valence-corrected chi connectivity index (χ0v) is 54.3. The zero-order valence-electron chi connectivity index (χ0n) is 51.5. The van der Waals surface area contributed by atoms with Gasteiger partial charge in [0, 0.05) is 137 Å². The van der Waals surface area contributed by atoms with Crippen LogP contribution >= 0.6 is 11.6 Å². The fourth-order valence-electron chi connectivity index (χ4n) is 11.6. The van der Waals surface area contributed by atoms with E-state index < -0.39 is 28.5 Å². The van der Waals surface area contributed by atoms with E-state index in [0.29, 0.717) is 33.6 Å². The van der Waals surface area contributed by atoms with Crippen LogP contribution in [0.1, 0.15) is 105 Å². The van der Waals surface area contributed by atoms with Gasteiger partial charge in [-0.2, -0.15) is 18.7 Å². The molecule has 0 aromatic carbocycles. The highest BCUT2D eigenvalue weighted by molar-refractivity contribution is 6.74. The minimum atomic E-state index is -1.70. The minimum Gasteiger partial charge on any atom is -0.416 e. The van der Waals surface area contributed by atoms with Gasteiger partial charge in [0.2, 0.25) is 23.8 Å². The quantitative estimate of drug-likeness (QED) is 0.0774. The molecular formula is C62H87ClF2N16O2Si2. The van der Waals surface area contributed by atoms with Crippen LogP contribution < -0.4 is 20.9 Å². The van der Waals surface area contributed by atoms with E-state index in [1.165, 1.54) is 12.4 Å². The van der Waals surface area contributed by atoms with Crippen LogP contribution in [-0.2, 0) is 8.85 Å². The number of nitrogens with zero attached hydrogens (tertiary/aromatic N) is 14. The molecule has 0 bridgehead atoms. The van der Waals surface area contributed by atoms with Crippen molar-refractivity contribution >= 4 is 101 Å². The molecule has 10 heterocycles. The maximum Gasteiger partial charge on any atom is 0.237 e. The second-order valence-corrected chi connectivity index (χ2v) is 36.3. The molecule has 0 atom stereocenters. The van der Waals surface area contributed by atoms with Crippen LogP contribution in [0.2, 0.25) is 41.4 Å². The van der Waals surface area contributed by atoms with E-state index in [4.69, 9.17) is 31.2 Å².